The average Bonchev–Trinajstić information content (AvgIpc) is 2.19. The summed E-state index contributed by atoms with van der Waals surface area (Å²) in [5.41, 5.74) is -0.809. The van der Waals surface area contributed by atoms with Crippen LogP contribution in [0.5, 0.6) is 0 Å². The summed E-state index contributed by atoms with van der Waals surface area (Å²) in [6, 6.07) is 2.51. The van der Waals surface area contributed by atoms with Crippen LogP contribution < -0.4 is 0 Å². The highest BCUT2D eigenvalue weighted by molar-refractivity contribution is 9.09. The number of rotatable bonds is 3. The van der Waals surface area contributed by atoms with E-state index in [0.29, 0.717) is 12.5 Å². The molecule has 0 nitrogen and oxygen atoms in total. The largest absolute Gasteiger partial charge is 0.416 e. The molecule has 0 aliphatic rings. The van der Waals surface area contributed by atoms with Gasteiger partial charge in [-0.1, -0.05) is 34.1 Å². The molecule has 0 spiro atoms. The number of benzene rings is 1. The highest BCUT2D eigenvalue weighted by atomic mass is 79.9. The third-order valence-corrected chi connectivity index (χ3v) is 2.36. The van der Waals surface area contributed by atoms with Crippen molar-refractivity contribution in [2.45, 2.75) is 12.6 Å². The maximum absolute atomic E-state index is 13.2. The zero-order valence-corrected chi connectivity index (χ0v) is 9.78. The number of allylic oxidation sites excluding steroid dienone is 1. The first-order valence-electron chi connectivity index (χ1n) is 4.54. The minimum Gasteiger partial charge on any atom is -0.206 e. The quantitative estimate of drug-likeness (QED) is 0.563. The minimum absolute atomic E-state index is 0.161. The molecule has 1 aromatic rings. The topological polar surface area (TPSA) is 0 Å². The molecule has 0 N–H and O–H groups in total. The van der Waals surface area contributed by atoms with Crippen LogP contribution in [-0.2, 0) is 6.18 Å². The number of hydrogen-bond donors (Lipinski definition) is 0. The molecule has 0 heterocycles. The summed E-state index contributed by atoms with van der Waals surface area (Å²) < 4.78 is 49.9. The molecule has 0 atom stereocenters. The minimum atomic E-state index is -4.50. The molecule has 0 saturated heterocycles. The Morgan fingerprint density at radius 1 is 1.25 bits per heavy atom. The lowest BCUT2D eigenvalue weighted by Crippen LogP contribution is -2.05. The van der Waals surface area contributed by atoms with Crippen LogP contribution in [0, 0.1) is 5.82 Å². The van der Waals surface area contributed by atoms with E-state index in [0.717, 1.165) is 17.5 Å². The zero-order valence-electron chi connectivity index (χ0n) is 8.19. The molecule has 0 aromatic heterocycles. The molecule has 0 radical (unpaired) electrons. The lowest BCUT2D eigenvalue weighted by molar-refractivity contribution is -0.137. The first-order valence-corrected chi connectivity index (χ1v) is 5.66. The Balaban J connectivity index is 2.92. The number of hydrogen-bond acceptors (Lipinski definition) is 0. The molecule has 16 heavy (non-hydrogen) atoms. The second-order valence-corrected chi connectivity index (χ2v) is 3.91. The van der Waals surface area contributed by atoms with Crippen molar-refractivity contribution >= 4 is 22.0 Å². The van der Waals surface area contributed by atoms with E-state index in [1.807, 2.05) is 0 Å². The summed E-state index contributed by atoms with van der Waals surface area (Å²) in [4.78, 5) is 0. The van der Waals surface area contributed by atoms with E-state index < -0.39 is 17.6 Å². The summed E-state index contributed by atoms with van der Waals surface area (Å²) in [5, 5.41) is 0.728. The molecule has 0 aliphatic heterocycles. The maximum Gasteiger partial charge on any atom is 0.416 e. The summed E-state index contributed by atoms with van der Waals surface area (Å²) in [7, 11) is 0. The molecule has 5 heteroatoms. The third-order valence-electron chi connectivity index (χ3n) is 1.90. The van der Waals surface area contributed by atoms with Crippen molar-refractivity contribution in [1.82, 2.24) is 0 Å². The van der Waals surface area contributed by atoms with E-state index in [-0.39, 0.29) is 5.56 Å². The molecular formula is C11H9BrF4. The highest BCUT2D eigenvalue weighted by Gasteiger charge is 2.30. The Bertz CT molecular complexity index is 382. The molecule has 0 bridgehead atoms. The average molecular weight is 297 g/mol. The molecule has 0 unspecified atom stereocenters. The van der Waals surface area contributed by atoms with Crippen LogP contribution in [0.25, 0.3) is 6.08 Å². The van der Waals surface area contributed by atoms with Gasteiger partial charge >= 0.3 is 6.18 Å². The smallest absolute Gasteiger partial charge is 0.206 e. The van der Waals surface area contributed by atoms with Crippen molar-refractivity contribution in [3.05, 3.63) is 41.2 Å². The predicted octanol–water partition coefficient (Wildman–Crippen LogP) is 4.64. The summed E-state index contributed by atoms with van der Waals surface area (Å²) in [5.74, 6) is -0.861. The van der Waals surface area contributed by atoms with Crippen molar-refractivity contribution in [3.8, 4) is 0 Å². The summed E-state index contributed by atoms with van der Waals surface area (Å²) in [6.07, 6.45) is -0.642. The molecule has 0 amide bonds. The number of halogens is 5. The van der Waals surface area contributed by atoms with Crippen molar-refractivity contribution in [1.29, 1.82) is 0 Å². The fraction of sp³-hybridized carbons (Fsp3) is 0.273. The fourth-order valence-corrected chi connectivity index (χ4v) is 1.38. The normalized spacial score (nSPS) is 12.3. The second kappa shape index (κ2) is 5.48. The lowest BCUT2D eigenvalue weighted by Gasteiger charge is -2.07. The van der Waals surface area contributed by atoms with Gasteiger partial charge in [-0.05, 0) is 18.6 Å². The molecule has 0 fully saturated rings. The fourth-order valence-electron chi connectivity index (χ4n) is 1.11. The Morgan fingerprint density at radius 3 is 2.44 bits per heavy atom. The molecule has 0 saturated carbocycles. The van der Waals surface area contributed by atoms with Crippen LogP contribution in [0.1, 0.15) is 17.5 Å². The predicted molar refractivity (Wildman–Crippen MR) is 58.8 cm³/mol. The van der Waals surface area contributed by atoms with Gasteiger partial charge in [-0.25, -0.2) is 4.39 Å². The monoisotopic (exact) mass is 296 g/mol. The molecule has 1 rings (SSSR count). The van der Waals surface area contributed by atoms with Gasteiger partial charge in [-0.15, -0.1) is 0 Å². The van der Waals surface area contributed by atoms with Crippen LogP contribution in [0.4, 0.5) is 17.6 Å². The van der Waals surface area contributed by atoms with Gasteiger partial charge in [-0.2, -0.15) is 13.2 Å². The van der Waals surface area contributed by atoms with Gasteiger partial charge in [0.15, 0.2) is 0 Å². The van der Waals surface area contributed by atoms with E-state index >= 15 is 0 Å². The van der Waals surface area contributed by atoms with E-state index in [9.17, 15) is 17.6 Å². The molecule has 88 valence electrons. The maximum atomic E-state index is 13.2. The SMILES string of the molecule is Fc1cc(C(F)(F)F)ccc1C=CCCBr. The van der Waals surface area contributed by atoms with Crippen molar-refractivity contribution in [2.75, 3.05) is 5.33 Å². The molecule has 1 aromatic carbocycles. The van der Waals surface area contributed by atoms with E-state index in [1.54, 1.807) is 6.08 Å². The van der Waals surface area contributed by atoms with Crippen LogP contribution in [0.3, 0.4) is 0 Å². The van der Waals surface area contributed by atoms with Gasteiger partial charge in [-0.3, -0.25) is 0 Å². The Hall–Kier alpha value is -0.840. The Morgan fingerprint density at radius 2 is 1.94 bits per heavy atom. The third kappa shape index (κ3) is 3.63. The van der Waals surface area contributed by atoms with Gasteiger partial charge in [0.2, 0.25) is 0 Å². The highest BCUT2D eigenvalue weighted by Crippen LogP contribution is 2.30. The van der Waals surface area contributed by atoms with E-state index in [1.165, 1.54) is 6.08 Å². The van der Waals surface area contributed by atoms with Gasteiger partial charge in [0.1, 0.15) is 5.82 Å². The number of alkyl halides is 4. The van der Waals surface area contributed by atoms with Crippen molar-refractivity contribution < 1.29 is 17.6 Å². The van der Waals surface area contributed by atoms with E-state index in [2.05, 4.69) is 15.9 Å². The molecule has 0 aliphatic carbocycles. The van der Waals surface area contributed by atoms with E-state index in [4.69, 9.17) is 0 Å². The Kier molecular flexibility index (Phi) is 4.53. The van der Waals surface area contributed by atoms with Crippen molar-refractivity contribution in [2.24, 2.45) is 0 Å². The van der Waals surface area contributed by atoms with Crippen LogP contribution in [0.2, 0.25) is 0 Å². The summed E-state index contributed by atoms with van der Waals surface area (Å²) >= 11 is 3.19. The summed E-state index contributed by atoms with van der Waals surface area (Å²) in [6.45, 7) is 0. The van der Waals surface area contributed by atoms with Crippen molar-refractivity contribution in [3.63, 3.8) is 0 Å². The standard InChI is InChI=1S/C11H9BrF4/c12-6-2-1-3-8-4-5-9(7-10(8)13)11(14,15)16/h1,3-5,7H,2,6H2. The van der Waals surface area contributed by atoms with Gasteiger partial charge in [0, 0.05) is 10.9 Å². The van der Waals surface area contributed by atoms with Crippen LogP contribution in [0.15, 0.2) is 24.3 Å². The van der Waals surface area contributed by atoms with Gasteiger partial charge in [0.05, 0.1) is 5.56 Å². The zero-order chi connectivity index (χ0) is 12.2. The lowest BCUT2D eigenvalue weighted by atomic mass is 10.1. The Labute approximate surface area is 99.1 Å². The second-order valence-electron chi connectivity index (χ2n) is 3.11. The van der Waals surface area contributed by atoms with Crippen LogP contribution in [-0.4, -0.2) is 5.33 Å². The van der Waals surface area contributed by atoms with Crippen LogP contribution >= 0.6 is 15.9 Å². The van der Waals surface area contributed by atoms with Gasteiger partial charge in [0.25, 0.3) is 0 Å². The first kappa shape index (κ1) is 13.2. The first-order chi connectivity index (χ1) is 7.45. The molecular weight excluding hydrogens is 288 g/mol. The van der Waals surface area contributed by atoms with Gasteiger partial charge < -0.3 is 0 Å².